The molecule has 0 fully saturated rings. The molecule has 1 amide bonds. The van der Waals surface area contributed by atoms with Crippen molar-refractivity contribution in [1.29, 1.82) is 0 Å². The number of ether oxygens (including phenoxy) is 3. The van der Waals surface area contributed by atoms with Crippen molar-refractivity contribution in [2.75, 3.05) is 51.9 Å². The second-order valence-electron chi connectivity index (χ2n) is 7.30. The molecule has 172 valence electrons. The molecular weight excluding hydrogens is 426 g/mol. The van der Waals surface area contributed by atoms with Gasteiger partial charge in [-0.2, -0.15) is 0 Å². The zero-order chi connectivity index (χ0) is 23.1. The molecule has 0 unspecified atom stereocenters. The van der Waals surface area contributed by atoms with Gasteiger partial charge in [0.2, 0.25) is 0 Å². The molecule has 0 aliphatic rings. The average Bonchev–Trinajstić information content (AvgIpc) is 3.27. The summed E-state index contributed by atoms with van der Waals surface area (Å²) in [7, 11) is 3.23. The van der Waals surface area contributed by atoms with E-state index in [1.54, 1.807) is 25.2 Å². The molecule has 0 bridgehead atoms. The highest BCUT2D eigenvalue weighted by Gasteiger charge is 2.22. The van der Waals surface area contributed by atoms with Crippen molar-refractivity contribution in [2.24, 2.45) is 0 Å². The molecule has 3 aromatic rings. The van der Waals surface area contributed by atoms with Gasteiger partial charge in [-0.15, -0.1) is 0 Å². The van der Waals surface area contributed by atoms with Crippen LogP contribution < -0.4 is 19.1 Å². The van der Waals surface area contributed by atoms with Crippen molar-refractivity contribution in [3.05, 3.63) is 42.0 Å². The van der Waals surface area contributed by atoms with Crippen molar-refractivity contribution < 1.29 is 19.0 Å². The van der Waals surface area contributed by atoms with Gasteiger partial charge < -0.3 is 19.1 Å². The quantitative estimate of drug-likeness (QED) is 0.426. The molecule has 0 aliphatic carbocycles. The lowest BCUT2D eigenvalue weighted by atomic mass is 10.2. The summed E-state index contributed by atoms with van der Waals surface area (Å²) < 4.78 is 17.5. The monoisotopic (exact) mass is 457 g/mol. The first-order valence-electron chi connectivity index (χ1n) is 10.7. The lowest BCUT2D eigenvalue weighted by Gasteiger charge is -2.24. The first kappa shape index (κ1) is 23.8. The van der Waals surface area contributed by atoms with E-state index in [2.05, 4.69) is 18.7 Å². The highest BCUT2D eigenvalue weighted by molar-refractivity contribution is 7.22. The van der Waals surface area contributed by atoms with Crippen molar-refractivity contribution >= 4 is 32.6 Å². The van der Waals surface area contributed by atoms with Crippen molar-refractivity contribution in [1.82, 2.24) is 9.88 Å². The maximum absolute atomic E-state index is 13.3. The maximum Gasteiger partial charge on any atom is 0.266 e. The largest absolute Gasteiger partial charge is 0.497 e. The number of rotatable bonds is 11. The van der Waals surface area contributed by atoms with E-state index in [0.29, 0.717) is 28.9 Å². The van der Waals surface area contributed by atoms with Gasteiger partial charge in [-0.1, -0.05) is 37.3 Å². The Hall–Kier alpha value is -2.84. The average molecular weight is 458 g/mol. The maximum atomic E-state index is 13.3. The Morgan fingerprint density at radius 2 is 1.78 bits per heavy atom. The zero-order valence-electron chi connectivity index (χ0n) is 19.4. The fourth-order valence-corrected chi connectivity index (χ4v) is 4.50. The van der Waals surface area contributed by atoms with E-state index in [-0.39, 0.29) is 12.5 Å². The summed E-state index contributed by atoms with van der Waals surface area (Å²) in [6, 6.07) is 11.2. The number of nitrogens with zero attached hydrogens (tertiary/aromatic N) is 3. The van der Waals surface area contributed by atoms with E-state index in [1.807, 2.05) is 37.3 Å². The minimum atomic E-state index is -0.143. The second kappa shape index (κ2) is 11.2. The van der Waals surface area contributed by atoms with E-state index in [1.165, 1.54) is 11.3 Å². The van der Waals surface area contributed by atoms with Crippen LogP contribution in [0.4, 0.5) is 5.13 Å². The van der Waals surface area contributed by atoms with Crippen LogP contribution in [0.15, 0.2) is 36.4 Å². The summed E-state index contributed by atoms with van der Waals surface area (Å²) in [5, 5.41) is 0.652. The first-order valence-corrected chi connectivity index (χ1v) is 11.6. The predicted molar refractivity (Wildman–Crippen MR) is 130 cm³/mol. The Bertz CT molecular complexity index is 1050. The van der Waals surface area contributed by atoms with Gasteiger partial charge in [-0.3, -0.25) is 9.69 Å². The highest BCUT2D eigenvalue weighted by Crippen LogP contribution is 2.36. The Balaban J connectivity index is 1.86. The number of carbonyl (C=O) groups excluding carboxylic acids is 1. The van der Waals surface area contributed by atoms with Crippen molar-refractivity contribution in [2.45, 2.75) is 20.8 Å². The summed E-state index contributed by atoms with van der Waals surface area (Å²) in [4.78, 5) is 22.1. The molecule has 0 saturated heterocycles. The number of anilines is 1. The Kier molecular flexibility index (Phi) is 8.30. The summed E-state index contributed by atoms with van der Waals surface area (Å²) in [6.07, 6.45) is 0. The third-order valence-electron chi connectivity index (χ3n) is 5.38. The number of aromatic nitrogens is 1. The van der Waals surface area contributed by atoms with E-state index >= 15 is 0 Å². The fraction of sp³-hybridized carbons (Fsp3) is 0.417. The number of thiazole rings is 1. The lowest BCUT2D eigenvalue weighted by Crippen LogP contribution is -2.41. The molecule has 3 rings (SSSR count). The zero-order valence-corrected chi connectivity index (χ0v) is 20.2. The van der Waals surface area contributed by atoms with Crippen LogP contribution in [-0.2, 0) is 4.79 Å². The molecule has 1 heterocycles. The fourth-order valence-electron chi connectivity index (χ4n) is 3.40. The smallest absolute Gasteiger partial charge is 0.266 e. The number of carbonyl (C=O) groups is 1. The van der Waals surface area contributed by atoms with Crippen LogP contribution in [0.25, 0.3) is 10.2 Å². The van der Waals surface area contributed by atoms with Crippen molar-refractivity contribution in [3.8, 4) is 17.2 Å². The Morgan fingerprint density at radius 3 is 2.47 bits per heavy atom. The van der Waals surface area contributed by atoms with Gasteiger partial charge in [-0.05, 0) is 43.8 Å². The molecule has 8 heteroatoms. The van der Waals surface area contributed by atoms with Crippen LogP contribution in [0.3, 0.4) is 0 Å². The van der Waals surface area contributed by atoms with E-state index < -0.39 is 0 Å². The van der Waals surface area contributed by atoms with Gasteiger partial charge in [0.25, 0.3) is 5.91 Å². The molecule has 0 radical (unpaired) electrons. The van der Waals surface area contributed by atoms with E-state index in [4.69, 9.17) is 19.2 Å². The Labute approximate surface area is 193 Å². The molecule has 1 aromatic heterocycles. The number of benzene rings is 2. The predicted octanol–water partition coefficient (Wildman–Crippen LogP) is 4.38. The molecule has 2 aromatic carbocycles. The number of likely N-dealkylation sites (N-methyl/N-ethyl adjacent to an activating group) is 1. The van der Waals surface area contributed by atoms with Crippen LogP contribution in [0, 0.1) is 6.92 Å². The molecule has 0 N–H and O–H groups in total. The van der Waals surface area contributed by atoms with Gasteiger partial charge in [0.05, 0.1) is 18.9 Å². The van der Waals surface area contributed by atoms with Crippen LogP contribution in [0.2, 0.25) is 0 Å². The molecule has 32 heavy (non-hydrogen) atoms. The topological polar surface area (TPSA) is 64.1 Å². The first-order chi connectivity index (χ1) is 15.5. The summed E-state index contributed by atoms with van der Waals surface area (Å²) in [6.45, 7) is 9.32. The highest BCUT2D eigenvalue weighted by atomic mass is 32.1. The number of amides is 1. The molecule has 0 spiro atoms. The SMILES string of the molecule is CCN(CC)CCN(C(=O)COc1cccc(OC)c1)c1nc2c(OC)ccc(C)c2s1. The summed E-state index contributed by atoms with van der Waals surface area (Å²) in [5.41, 5.74) is 1.88. The van der Waals surface area contributed by atoms with E-state index in [9.17, 15) is 4.79 Å². The van der Waals surface area contributed by atoms with Gasteiger partial charge >= 0.3 is 0 Å². The van der Waals surface area contributed by atoms with E-state index in [0.717, 1.165) is 35.4 Å². The van der Waals surface area contributed by atoms with Gasteiger partial charge in [0.15, 0.2) is 11.7 Å². The molecule has 7 nitrogen and oxygen atoms in total. The standard InChI is InChI=1S/C24H31N3O4S/c1-6-26(7-2)13-14-27(21(28)16-31-19-10-8-9-18(15-19)29-4)24-25-22-20(30-5)12-11-17(3)23(22)32-24/h8-12,15H,6-7,13-14,16H2,1-5H3. The number of hydrogen-bond donors (Lipinski definition) is 0. The number of fused-ring (bicyclic) bond motifs is 1. The summed E-state index contributed by atoms with van der Waals surface area (Å²) >= 11 is 1.50. The normalized spacial score (nSPS) is 11.1. The molecular formula is C24H31N3O4S. The molecule has 0 saturated carbocycles. The van der Waals surface area contributed by atoms with Gasteiger partial charge in [0, 0.05) is 19.2 Å². The number of aryl methyl sites for hydroxylation is 1. The number of methoxy groups -OCH3 is 2. The van der Waals surface area contributed by atoms with Crippen LogP contribution >= 0.6 is 11.3 Å². The van der Waals surface area contributed by atoms with Crippen LogP contribution in [0.5, 0.6) is 17.2 Å². The van der Waals surface area contributed by atoms with Gasteiger partial charge in [-0.25, -0.2) is 4.98 Å². The lowest BCUT2D eigenvalue weighted by molar-refractivity contribution is -0.120. The summed E-state index contributed by atoms with van der Waals surface area (Å²) in [5.74, 6) is 1.83. The van der Waals surface area contributed by atoms with Crippen molar-refractivity contribution in [3.63, 3.8) is 0 Å². The van der Waals surface area contributed by atoms with Crippen LogP contribution in [0.1, 0.15) is 19.4 Å². The Morgan fingerprint density at radius 1 is 1.03 bits per heavy atom. The van der Waals surface area contributed by atoms with Crippen LogP contribution in [-0.4, -0.2) is 62.8 Å². The molecule has 0 aliphatic heterocycles. The minimum Gasteiger partial charge on any atom is -0.497 e. The second-order valence-corrected chi connectivity index (χ2v) is 8.28. The third kappa shape index (κ3) is 5.49. The third-order valence-corrected chi connectivity index (χ3v) is 6.60. The minimum absolute atomic E-state index is 0.0859. The number of hydrogen-bond acceptors (Lipinski definition) is 7. The van der Waals surface area contributed by atoms with Gasteiger partial charge in [0.1, 0.15) is 22.8 Å². The molecule has 0 atom stereocenters.